The molecular formula is C78H152O17P2. The van der Waals surface area contributed by atoms with Gasteiger partial charge in [0.15, 0.2) is 12.2 Å². The maximum absolute atomic E-state index is 13.1. The van der Waals surface area contributed by atoms with Crippen molar-refractivity contribution < 1.29 is 80.2 Å². The molecule has 17 nitrogen and oxygen atoms in total. The van der Waals surface area contributed by atoms with Gasteiger partial charge >= 0.3 is 39.5 Å². The van der Waals surface area contributed by atoms with Crippen LogP contribution >= 0.6 is 15.6 Å². The van der Waals surface area contributed by atoms with Crippen molar-refractivity contribution in [2.24, 2.45) is 11.8 Å². The largest absolute Gasteiger partial charge is 0.472 e. The lowest BCUT2D eigenvalue weighted by Crippen LogP contribution is -2.30. The molecule has 97 heavy (non-hydrogen) atoms. The minimum absolute atomic E-state index is 0.105. The van der Waals surface area contributed by atoms with Gasteiger partial charge in [-0.1, -0.05) is 356 Å². The van der Waals surface area contributed by atoms with Crippen molar-refractivity contribution in [2.45, 2.75) is 426 Å². The summed E-state index contributed by atoms with van der Waals surface area (Å²) in [5.41, 5.74) is 0. The molecule has 19 heteroatoms. The number of hydrogen-bond acceptors (Lipinski definition) is 15. The molecule has 0 aromatic rings. The molecule has 576 valence electrons. The lowest BCUT2D eigenvalue weighted by atomic mass is 10.0. The van der Waals surface area contributed by atoms with Gasteiger partial charge in [-0.2, -0.15) is 0 Å². The number of rotatable bonds is 77. The van der Waals surface area contributed by atoms with Crippen molar-refractivity contribution in [3.8, 4) is 0 Å². The zero-order valence-electron chi connectivity index (χ0n) is 63.4. The van der Waals surface area contributed by atoms with Gasteiger partial charge in [-0.05, 0) is 37.5 Å². The van der Waals surface area contributed by atoms with E-state index in [0.717, 1.165) is 108 Å². The summed E-state index contributed by atoms with van der Waals surface area (Å²) in [5, 5.41) is 10.6. The predicted molar refractivity (Wildman–Crippen MR) is 395 cm³/mol. The van der Waals surface area contributed by atoms with E-state index in [0.29, 0.717) is 25.7 Å². The summed E-state index contributed by atoms with van der Waals surface area (Å²) in [6.45, 7) is 9.52. The van der Waals surface area contributed by atoms with Crippen LogP contribution < -0.4 is 0 Å². The van der Waals surface area contributed by atoms with E-state index in [9.17, 15) is 43.2 Å². The number of carbonyl (C=O) groups is 4. The van der Waals surface area contributed by atoms with E-state index in [2.05, 4.69) is 41.5 Å². The standard InChI is InChI=1S/C78H152O17P2/c1-7-9-11-13-14-15-16-17-18-19-20-21-22-23-28-31-34-39-44-50-56-62-77(82)95-74(67-89-76(81)61-55-49-43-38-33-30-27-25-24-26-29-32-36-41-47-52-58-70(3)4)69-93-97(86,87)91-65-72(79)64-90-96(84,85)92-68-73(66-88-75(80)60-54-46-12-10-8-2)94-78(83)63-57-51-45-40-35-37-42-48-53-59-71(5)6/h70-74,79H,7-69H2,1-6H3,(H,84,85)(H,86,87)/t72-,73+,74+/m0/s1. The van der Waals surface area contributed by atoms with E-state index in [1.807, 2.05) is 0 Å². The molecule has 0 fully saturated rings. The van der Waals surface area contributed by atoms with Crippen LogP contribution in [0.3, 0.4) is 0 Å². The molecule has 0 rings (SSSR count). The second-order valence-corrected chi connectivity index (χ2v) is 32.0. The second-order valence-electron chi connectivity index (χ2n) is 29.1. The number of esters is 4. The highest BCUT2D eigenvalue weighted by atomic mass is 31.2. The van der Waals surface area contributed by atoms with Gasteiger partial charge in [-0.25, -0.2) is 9.13 Å². The summed E-state index contributed by atoms with van der Waals surface area (Å²) in [6, 6.07) is 0. The van der Waals surface area contributed by atoms with Gasteiger partial charge in [-0.15, -0.1) is 0 Å². The molecule has 0 saturated carbocycles. The molecule has 0 saturated heterocycles. The maximum Gasteiger partial charge on any atom is 0.472 e. The lowest BCUT2D eigenvalue weighted by Gasteiger charge is -2.21. The van der Waals surface area contributed by atoms with Crippen LogP contribution in [0.4, 0.5) is 0 Å². The minimum Gasteiger partial charge on any atom is -0.462 e. The first kappa shape index (κ1) is 95.1. The monoisotopic (exact) mass is 1420 g/mol. The number of ether oxygens (including phenoxy) is 4. The van der Waals surface area contributed by atoms with Crippen molar-refractivity contribution in [3.63, 3.8) is 0 Å². The zero-order valence-corrected chi connectivity index (χ0v) is 65.2. The molecule has 0 spiro atoms. The van der Waals surface area contributed by atoms with E-state index in [1.165, 1.54) is 218 Å². The molecule has 0 aromatic heterocycles. The van der Waals surface area contributed by atoms with E-state index in [4.69, 9.17) is 37.0 Å². The fourth-order valence-corrected chi connectivity index (χ4v) is 13.6. The summed E-state index contributed by atoms with van der Waals surface area (Å²) in [4.78, 5) is 72.6. The number of hydrogen-bond donors (Lipinski definition) is 3. The third kappa shape index (κ3) is 72.2. The van der Waals surface area contributed by atoms with Crippen molar-refractivity contribution >= 4 is 39.5 Å². The first-order valence-corrected chi connectivity index (χ1v) is 43.5. The van der Waals surface area contributed by atoms with Crippen LogP contribution in [0.2, 0.25) is 0 Å². The van der Waals surface area contributed by atoms with Gasteiger partial charge in [0, 0.05) is 25.7 Å². The smallest absolute Gasteiger partial charge is 0.462 e. The average molecular weight is 1420 g/mol. The Bertz CT molecular complexity index is 1870. The average Bonchev–Trinajstić information content (AvgIpc) is 1.31. The molecule has 0 aliphatic rings. The van der Waals surface area contributed by atoms with Gasteiger partial charge in [0.1, 0.15) is 19.3 Å². The first-order chi connectivity index (χ1) is 46.9. The number of phosphoric ester groups is 2. The van der Waals surface area contributed by atoms with E-state index >= 15 is 0 Å². The molecule has 2 unspecified atom stereocenters. The summed E-state index contributed by atoms with van der Waals surface area (Å²) in [7, 11) is -9.90. The number of phosphoric acid groups is 2. The van der Waals surface area contributed by atoms with Crippen LogP contribution in [0.25, 0.3) is 0 Å². The molecule has 0 bridgehead atoms. The summed E-state index contributed by atoms with van der Waals surface area (Å²) in [6.07, 6.45) is 58.9. The topological polar surface area (TPSA) is 237 Å². The van der Waals surface area contributed by atoms with Gasteiger partial charge < -0.3 is 33.8 Å². The molecule has 0 heterocycles. The summed E-state index contributed by atoms with van der Waals surface area (Å²) >= 11 is 0. The van der Waals surface area contributed by atoms with Crippen molar-refractivity contribution in [2.75, 3.05) is 39.6 Å². The Hall–Kier alpha value is -1.94. The highest BCUT2D eigenvalue weighted by molar-refractivity contribution is 7.47. The Morgan fingerprint density at radius 2 is 0.474 bits per heavy atom. The third-order valence-electron chi connectivity index (χ3n) is 18.2. The third-order valence-corrected chi connectivity index (χ3v) is 20.1. The van der Waals surface area contributed by atoms with Crippen molar-refractivity contribution in [1.82, 2.24) is 0 Å². The molecule has 0 radical (unpaired) electrons. The predicted octanol–water partition coefficient (Wildman–Crippen LogP) is 23.1. The summed E-state index contributed by atoms with van der Waals surface area (Å²) in [5.74, 6) is -0.577. The van der Waals surface area contributed by atoms with Crippen LogP contribution in [0.5, 0.6) is 0 Å². The first-order valence-electron chi connectivity index (χ1n) is 40.5. The highest BCUT2D eigenvalue weighted by Gasteiger charge is 2.30. The number of unbranched alkanes of at least 4 members (excludes halogenated alkanes) is 47. The van der Waals surface area contributed by atoms with E-state index in [-0.39, 0.29) is 25.7 Å². The van der Waals surface area contributed by atoms with Crippen molar-refractivity contribution in [3.05, 3.63) is 0 Å². The summed E-state index contributed by atoms with van der Waals surface area (Å²) < 4.78 is 68.3. The molecule has 5 atom stereocenters. The number of carbonyl (C=O) groups excluding carboxylic acids is 4. The van der Waals surface area contributed by atoms with Gasteiger partial charge in [0.25, 0.3) is 0 Å². The second kappa shape index (κ2) is 69.8. The van der Waals surface area contributed by atoms with Crippen molar-refractivity contribution in [1.29, 1.82) is 0 Å². The lowest BCUT2D eigenvalue weighted by molar-refractivity contribution is -0.161. The maximum atomic E-state index is 13.1. The normalized spacial score (nSPS) is 14.0. The van der Waals surface area contributed by atoms with Crippen LogP contribution in [0, 0.1) is 11.8 Å². The molecule has 0 aliphatic carbocycles. The van der Waals surface area contributed by atoms with Crippen LogP contribution in [0.15, 0.2) is 0 Å². The molecular weight excluding hydrogens is 1270 g/mol. The Morgan fingerprint density at radius 1 is 0.278 bits per heavy atom. The van der Waals surface area contributed by atoms with Crippen LogP contribution in [-0.4, -0.2) is 96.7 Å². The molecule has 0 aromatic carbocycles. The van der Waals surface area contributed by atoms with Gasteiger partial charge in [-0.3, -0.25) is 37.3 Å². The Balaban J connectivity index is 5.12. The highest BCUT2D eigenvalue weighted by Crippen LogP contribution is 2.45. The quantitative estimate of drug-likeness (QED) is 0.0222. The molecule has 0 aliphatic heterocycles. The fourth-order valence-electron chi connectivity index (χ4n) is 12.0. The van der Waals surface area contributed by atoms with Crippen LogP contribution in [-0.2, 0) is 65.4 Å². The molecule has 0 amide bonds. The number of aliphatic hydroxyl groups is 1. The minimum atomic E-state index is -4.96. The van der Waals surface area contributed by atoms with Gasteiger partial charge in [0.2, 0.25) is 0 Å². The SMILES string of the molecule is CCCCCCCCCCCCCCCCCCCCCCCC(=O)O[C@H](COC(=O)CCCCCCCCCCCCCCCCCCC(C)C)COP(=O)(O)OC[C@@H](O)COP(=O)(O)OC[C@@H](COC(=O)CCCCCCC)OC(=O)CCCCCCCCCCCC(C)C. The Morgan fingerprint density at radius 3 is 0.701 bits per heavy atom. The van der Waals surface area contributed by atoms with Gasteiger partial charge in [0.05, 0.1) is 26.4 Å². The zero-order chi connectivity index (χ0) is 71.4. The fraction of sp³-hybridized carbons (Fsp3) is 0.949. The Labute approximate surface area is 594 Å². The van der Waals surface area contributed by atoms with Crippen LogP contribution in [0.1, 0.15) is 408 Å². The van der Waals surface area contributed by atoms with E-state index < -0.39 is 97.5 Å². The molecule has 3 N–H and O–H groups in total. The Kier molecular flexibility index (Phi) is 68.4. The van der Waals surface area contributed by atoms with E-state index in [1.54, 1.807) is 0 Å². The number of aliphatic hydroxyl groups excluding tert-OH is 1.